The van der Waals surface area contributed by atoms with E-state index >= 15 is 0 Å². The van der Waals surface area contributed by atoms with Crippen molar-refractivity contribution in [2.45, 2.75) is 45.3 Å². The van der Waals surface area contributed by atoms with Crippen LogP contribution in [0.15, 0.2) is 49.7 Å². The second-order valence-electron chi connectivity index (χ2n) is 7.59. The molecule has 7 heteroatoms. The van der Waals surface area contributed by atoms with E-state index in [1.54, 1.807) is 33.1 Å². The summed E-state index contributed by atoms with van der Waals surface area (Å²) in [7, 11) is 1.54. The summed E-state index contributed by atoms with van der Waals surface area (Å²) in [5, 5.41) is 21.1. The highest BCUT2D eigenvalue weighted by molar-refractivity contribution is 6.06. The van der Waals surface area contributed by atoms with Gasteiger partial charge in [0.05, 0.1) is 35.9 Å². The van der Waals surface area contributed by atoms with Crippen LogP contribution >= 0.6 is 0 Å². The molecule has 1 aromatic carbocycles. The zero-order valence-electron chi connectivity index (χ0n) is 17.0. The third kappa shape index (κ3) is 4.46. The van der Waals surface area contributed by atoms with Crippen LogP contribution in [0.5, 0.6) is 11.5 Å². The van der Waals surface area contributed by atoms with Crippen molar-refractivity contribution in [2.24, 2.45) is 0 Å². The second-order valence-corrected chi connectivity index (χ2v) is 7.59. The highest BCUT2D eigenvalue weighted by Crippen LogP contribution is 2.42. The number of hydrogen-bond acceptors (Lipinski definition) is 7. The van der Waals surface area contributed by atoms with E-state index in [0.717, 1.165) is 11.0 Å². The topological polar surface area (TPSA) is 102 Å². The van der Waals surface area contributed by atoms with Gasteiger partial charge in [0.15, 0.2) is 11.2 Å². The van der Waals surface area contributed by atoms with Crippen LogP contribution in [0.3, 0.4) is 0 Å². The minimum absolute atomic E-state index is 0.223. The van der Waals surface area contributed by atoms with Gasteiger partial charge in [0, 0.05) is 6.07 Å². The maximum atomic E-state index is 11.8. The lowest BCUT2D eigenvalue weighted by Crippen LogP contribution is -2.35. The van der Waals surface area contributed by atoms with Crippen molar-refractivity contribution in [2.75, 3.05) is 13.7 Å². The molecule has 0 fully saturated rings. The first kappa shape index (κ1) is 21.0. The number of rotatable bonds is 8. The summed E-state index contributed by atoms with van der Waals surface area (Å²) >= 11 is 0. The Kier molecular flexibility index (Phi) is 6.00. The molecule has 156 valence electrons. The maximum Gasteiger partial charge on any atom is 0.336 e. The molecule has 1 unspecified atom stereocenters. The smallest absolute Gasteiger partial charge is 0.336 e. The van der Waals surface area contributed by atoms with Crippen LogP contribution in [0.25, 0.3) is 21.9 Å². The highest BCUT2D eigenvalue weighted by atomic mass is 16.5. The summed E-state index contributed by atoms with van der Waals surface area (Å²) in [5.74, 6) is 0.881. The van der Waals surface area contributed by atoms with Crippen LogP contribution in [0.1, 0.15) is 33.6 Å². The highest BCUT2D eigenvalue weighted by Gasteiger charge is 2.24. The largest absolute Gasteiger partial charge is 0.495 e. The Morgan fingerprint density at radius 1 is 1.21 bits per heavy atom. The Hall–Kier alpha value is -2.77. The molecule has 0 saturated carbocycles. The Labute approximate surface area is 168 Å². The van der Waals surface area contributed by atoms with Gasteiger partial charge in [-0.2, -0.15) is 0 Å². The van der Waals surface area contributed by atoms with Crippen molar-refractivity contribution < 1.29 is 28.5 Å². The minimum Gasteiger partial charge on any atom is -0.495 e. The zero-order valence-corrected chi connectivity index (χ0v) is 17.0. The molecule has 2 heterocycles. The van der Waals surface area contributed by atoms with E-state index in [9.17, 15) is 15.0 Å². The first-order valence-corrected chi connectivity index (χ1v) is 9.42. The van der Waals surface area contributed by atoms with Gasteiger partial charge >= 0.3 is 5.63 Å². The van der Waals surface area contributed by atoms with E-state index in [2.05, 4.69) is 0 Å². The number of aliphatic hydroxyl groups is 2. The molecule has 0 aliphatic heterocycles. The van der Waals surface area contributed by atoms with Gasteiger partial charge in [-0.05, 0) is 51.8 Å². The lowest BCUT2D eigenvalue weighted by molar-refractivity contribution is -0.0509. The van der Waals surface area contributed by atoms with Gasteiger partial charge in [-0.3, -0.25) is 0 Å². The molecular formula is C22H26O7. The Balaban J connectivity index is 1.85. The number of benzene rings is 1. The average molecular weight is 402 g/mol. The fourth-order valence-electron chi connectivity index (χ4n) is 3.11. The number of aliphatic hydroxyl groups excluding tert-OH is 1. The predicted molar refractivity (Wildman–Crippen MR) is 110 cm³/mol. The van der Waals surface area contributed by atoms with E-state index < -0.39 is 17.3 Å². The quantitative estimate of drug-likeness (QED) is 0.437. The number of furan rings is 1. The van der Waals surface area contributed by atoms with Crippen LogP contribution in [0, 0.1) is 0 Å². The summed E-state index contributed by atoms with van der Waals surface area (Å²) in [6, 6.07) is 4.74. The van der Waals surface area contributed by atoms with E-state index in [1.807, 2.05) is 13.0 Å². The first-order chi connectivity index (χ1) is 13.7. The molecule has 0 bridgehead atoms. The molecule has 3 aromatic rings. The molecule has 0 radical (unpaired) electrons. The monoisotopic (exact) mass is 402 g/mol. The minimum atomic E-state index is -1.14. The van der Waals surface area contributed by atoms with Crippen LogP contribution in [0.4, 0.5) is 0 Å². The van der Waals surface area contributed by atoms with Crippen LogP contribution in [-0.4, -0.2) is 35.6 Å². The van der Waals surface area contributed by atoms with Gasteiger partial charge in [-0.25, -0.2) is 4.79 Å². The fourth-order valence-corrected chi connectivity index (χ4v) is 3.11. The predicted octanol–water partition coefficient (Wildman–Crippen LogP) is 3.78. The van der Waals surface area contributed by atoms with E-state index in [4.69, 9.17) is 18.3 Å². The number of ether oxygens (including phenoxy) is 2. The summed E-state index contributed by atoms with van der Waals surface area (Å²) in [4.78, 5) is 11.8. The standard InChI is InChI=1S/C22H26O7/c1-13(5-7-16(23)22(2,3)25)9-11-28-21-19-15(10-12-27-19)18(26-4)14-6-8-17(24)29-20(14)21/h6,8-10,12,16,23,25H,5,7,11H2,1-4H3. The Morgan fingerprint density at radius 2 is 1.93 bits per heavy atom. The Morgan fingerprint density at radius 3 is 2.62 bits per heavy atom. The molecule has 0 amide bonds. The first-order valence-electron chi connectivity index (χ1n) is 9.42. The van der Waals surface area contributed by atoms with Crippen molar-refractivity contribution in [1.29, 1.82) is 0 Å². The molecule has 0 aliphatic rings. The van der Waals surface area contributed by atoms with Gasteiger partial charge in [0.1, 0.15) is 12.4 Å². The molecule has 1 atom stereocenters. The normalized spacial score (nSPS) is 13.8. The fraction of sp³-hybridized carbons (Fsp3) is 0.409. The number of hydrogen-bond donors (Lipinski definition) is 2. The molecule has 2 aromatic heterocycles. The maximum absolute atomic E-state index is 11.8. The van der Waals surface area contributed by atoms with Crippen molar-refractivity contribution >= 4 is 21.9 Å². The lowest BCUT2D eigenvalue weighted by atomic mass is 9.96. The lowest BCUT2D eigenvalue weighted by Gasteiger charge is -2.24. The Bertz CT molecular complexity index is 1080. The molecule has 0 saturated heterocycles. The van der Waals surface area contributed by atoms with E-state index in [-0.39, 0.29) is 12.2 Å². The summed E-state index contributed by atoms with van der Waals surface area (Å²) in [6.45, 7) is 5.31. The third-order valence-electron chi connectivity index (χ3n) is 4.89. The van der Waals surface area contributed by atoms with Crippen molar-refractivity contribution in [3.63, 3.8) is 0 Å². The molecule has 7 nitrogen and oxygen atoms in total. The average Bonchev–Trinajstić information content (AvgIpc) is 3.14. The number of allylic oxidation sites excluding steroid dienone is 1. The number of fused-ring (bicyclic) bond motifs is 2. The molecular weight excluding hydrogens is 376 g/mol. The molecule has 3 rings (SSSR count). The van der Waals surface area contributed by atoms with E-state index in [1.165, 1.54) is 12.3 Å². The van der Waals surface area contributed by atoms with Gasteiger partial charge in [-0.15, -0.1) is 0 Å². The second kappa shape index (κ2) is 8.31. The molecule has 29 heavy (non-hydrogen) atoms. The zero-order chi connectivity index (χ0) is 21.2. The van der Waals surface area contributed by atoms with Crippen LogP contribution in [-0.2, 0) is 0 Å². The van der Waals surface area contributed by atoms with Gasteiger partial charge in [0.2, 0.25) is 5.75 Å². The number of methoxy groups -OCH3 is 1. The SMILES string of the molecule is COc1c2ccoc2c(OCC=C(C)CCC(O)C(C)(C)O)c2oc(=O)ccc12. The third-order valence-corrected chi connectivity index (χ3v) is 4.89. The van der Waals surface area contributed by atoms with Crippen molar-refractivity contribution in [3.8, 4) is 11.5 Å². The summed E-state index contributed by atoms with van der Waals surface area (Å²) in [5.41, 5.74) is 0.0692. The van der Waals surface area contributed by atoms with Gasteiger partial charge in [-0.1, -0.05) is 5.57 Å². The summed E-state index contributed by atoms with van der Waals surface area (Å²) in [6.07, 6.45) is 3.64. The van der Waals surface area contributed by atoms with Crippen molar-refractivity contribution in [3.05, 3.63) is 46.5 Å². The molecule has 0 aliphatic carbocycles. The van der Waals surface area contributed by atoms with Gasteiger partial charge < -0.3 is 28.5 Å². The molecule has 0 spiro atoms. The molecule has 2 N–H and O–H groups in total. The van der Waals surface area contributed by atoms with Gasteiger partial charge in [0.25, 0.3) is 0 Å². The van der Waals surface area contributed by atoms with Crippen LogP contribution < -0.4 is 15.1 Å². The van der Waals surface area contributed by atoms with Crippen LogP contribution in [0.2, 0.25) is 0 Å². The van der Waals surface area contributed by atoms with Crippen molar-refractivity contribution in [1.82, 2.24) is 0 Å². The summed E-state index contributed by atoms with van der Waals surface area (Å²) < 4.78 is 22.4. The van der Waals surface area contributed by atoms with E-state index in [0.29, 0.717) is 35.3 Å².